The average Bonchev–Trinajstić information content (AvgIpc) is 3.13. The van der Waals surface area contributed by atoms with E-state index in [1.165, 1.54) is 0 Å². The van der Waals surface area contributed by atoms with E-state index in [1.54, 1.807) is 18.5 Å². The van der Waals surface area contributed by atoms with Crippen LogP contribution in [0, 0.1) is 0 Å². The number of piperidine rings is 1. The molecule has 160 valence electrons. The van der Waals surface area contributed by atoms with Crippen molar-refractivity contribution in [1.29, 1.82) is 0 Å². The minimum Gasteiger partial charge on any atom is -0.462 e. The molecule has 1 N–H and O–H groups in total. The van der Waals surface area contributed by atoms with Gasteiger partial charge in [0.2, 0.25) is 5.95 Å². The number of nitrogens with one attached hydrogen (secondary N) is 1. The average molecular weight is 412 g/mol. The molecule has 4 rings (SSSR count). The number of hydrogen-bond acceptors (Lipinski definition) is 8. The summed E-state index contributed by atoms with van der Waals surface area (Å²) in [5, 5.41) is 3.65. The van der Waals surface area contributed by atoms with Crippen LogP contribution in [0.2, 0.25) is 0 Å². The maximum absolute atomic E-state index is 5.62. The van der Waals surface area contributed by atoms with Gasteiger partial charge < -0.3 is 14.8 Å². The molecule has 1 saturated heterocycles. The van der Waals surface area contributed by atoms with E-state index in [-0.39, 0.29) is 0 Å². The maximum Gasteiger partial charge on any atom is 0.316 e. The van der Waals surface area contributed by atoms with Gasteiger partial charge >= 0.3 is 6.01 Å². The number of likely N-dealkylation sites (tertiary alicyclic amines) is 1. The summed E-state index contributed by atoms with van der Waals surface area (Å²) in [5.41, 5.74) is 1.81. The second-order valence-corrected chi connectivity index (χ2v) is 7.27. The molecular formula is C21H29N7O2. The molecule has 0 aromatic carbocycles. The molecule has 3 aromatic heterocycles. The highest BCUT2D eigenvalue weighted by Gasteiger charge is 2.21. The van der Waals surface area contributed by atoms with Gasteiger partial charge in [-0.2, -0.15) is 0 Å². The van der Waals surface area contributed by atoms with Crippen molar-refractivity contribution >= 4 is 17.1 Å². The molecule has 0 bridgehead atoms. The van der Waals surface area contributed by atoms with Crippen LogP contribution >= 0.6 is 0 Å². The van der Waals surface area contributed by atoms with Crippen molar-refractivity contribution in [2.45, 2.75) is 32.4 Å². The van der Waals surface area contributed by atoms with Gasteiger partial charge in [-0.25, -0.2) is 19.9 Å². The predicted octanol–water partition coefficient (Wildman–Crippen LogP) is 2.21. The van der Waals surface area contributed by atoms with Crippen molar-refractivity contribution < 1.29 is 9.47 Å². The van der Waals surface area contributed by atoms with E-state index in [0.29, 0.717) is 31.9 Å². The number of pyridine rings is 1. The molecule has 0 aliphatic carbocycles. The number of aromatic nitrogens is 5. The highest BCUT2D eigenvalue weighted by atomic mass is 16.5. The summed E-state index contributed by atoms with van der Waals surface area (Å²) in [7, 11) is 0. The van der Waals surface area contributed by atoms with Gasteiger partial charge in [-0.1, -0.05) is 0 Å². The molecule has 1 aliphatic heterocycles. The molecule has 0 spiro atoms. The molecule has 0 amide bonds. The lowest BCUT2D eigenvalue weighted by Gasteiger charge is -2.32. The van der Waals surface area contributed by atoms with Gasteiger partial charge in [0.25, 0.3) is 0 Å². The Balaban J connectivity index is 1.29. The van der Waals surface area contributed by atoms with Crippen LogP contribution in [0.15, 0.2) is 36.8 Å². The zero-order valence-electron chi connectivity index (χ0n) is 17.4. The molecule has 0 unspecified atom stereocenters. The van der Waals surface area contributed by atoms with Crippen LogP contribution in [0.3, 0.4) is 0 Å². The first-order valence-electron chi connectivity index (χ1n) is 10.6. The van der Waals surface area contributed by atoms with Crippen molar-refractivity contribution in [1.82, 2.24) is 29.4 Å². The Morgan fingerprint density at radius 1 is 1.03 bits per heavy atom. The largest absolute Gasteiger partial charge is 0.462 e. The van der Waals surface area contributed by atoms with Gasteiger partial charge in [-0.15, -0.1) is 0 Å². The summed E-state index contributed by atoms with van der Waals surface area (Å²) in [6.45, 7) is 7.62. The van der Waals surface area contributed by atoms with Gasteiger partial charge in [0.1, 0.15) is 12.1 Å². The third kappa shape index (κ3) is 5.22. The number of imidazole rings is 1. The molecule has 1 fully saturated rings. The van der Waals surface area contributed by atoms with E-state index in [4.69, 9.17) is 14.5 Å². The van der Waals surface area contributed by atoms with Crippen molar-refractivity contribution in [3.8, 4) is 6.01 Å². The van der Waals surface area contributed by atoms with Crippen LogP contribution in [-0.2, 0) is 11.3 Å². The Morgan fingerprint density at radius 3 is 2.63 bits per heavy atom. The first-order chi connectivity index (χ1) is 14.8. The molecular weight excluding hydrogens is 382 g/mol. The van der Waals surface area contributed by atoms with Gasteiger partial charge in [-0.05, 0) is 38.0 Å². The predicted molar refractivity (Wildman–Crippen MR) is 115 cm³/mol. The highest BCUT2D eigenvalue weighted by molar-refractivity contribution is 5.74. The Bertz CT molecular complexity index is 910. The topological polar surface area (TPSA) is 90.2 Å². The Kier molecular flexibility index (Phi) is 7.04. The normalized spacial score (nSPS) is 15.5. The first kappa shape index (κ1) is 20.5. The SMILES string of the molecule is CCOCCn1c(NC2CCN(CCOc3ncccn3)CC2)nc2cccnc21. The molecule has 4 heterocycles. The Morgan fingerprint density at radius 2 is 1.83 bits per heavy atom. The molecule has 0 saturated carbocycles. The van der Waals surface area contributed by atoms with E-state index in [1.807, 2.05) is 25.3 Å². The standard InChI is InChI=1S/C21H29N7O2/c1-2-29-15-14-28-19-18(5-3-8-22-19)26-20(28)25-17-6-11-27(12-7-17)13-16-30-21-23-9-4-10-24-21/h3-5,8-10,17H,2,6-7,11-16H2,1H3,(H,25,26). The van der Waals surface area contributed by atoms with Crippen molar-refractivity contribution in [3.05, 3.63) is 36.8 Å². The molecule has 9 nitrogen and oxygen atoms in total. The Labute approximate surface area is 176 Å². The summed E-state index contributed by atoms with van der Waals surface area (Å²) in [5.74, 6) is 0.881. The van der Waals surface area contributed by atoms with Gasteiger partial charge in [0, 0.05) is 50.9 Å². The molecule has 0 radical (unpaired) electrons. The van der Waals surface area contributed by atoms with E-state index in [0.717, 1.165) is 56.1 Å². The number of anilines is 1. The Hall–Kier alpha value is -2.78. The summed E-state index contributed by atoms with van der Waals surface area (Å²) in [4.78, 5) is 19.9. The molecule has 30 heavy (non-hydrogen) atoms. The van der Waals surface area contributed by atoms with Crippen molar-refractivity contribution in [2.75, 3.05) is 44.8 Å². The van der Waals surface area contributed by atoms with Crippen LogP contribution in [0.1, 0.15) is 19.8 Å². The third-order valence-corrected chi connectivity index (χ3v) is 5.27. The molecule has 9 heteroatoms. The lowest BCUT2D eigenvalue weighted by atomic mass is 10.1. The van der Waals surface area contributed by atoms with Crippen LogP contribution in [0.4, 0.5) is 5.95 Å². The number of nitrogens with zero attached hydrogens (tertiary/aromatic N) is 6. The lowest BCUT2D eigenvalue weighted by molar-refractivity contribution is 0.140. The summed E-state index contributed by atoms with van der Waals surface area (Å²) < 4.78 is 13.3. The van der Waals surface area contributed by atoms with Gasteiger partial charge in [0.15, 0.2) is 5.65 Å². The van der Waals surface area contributed by atoms with E-state index < -0.39 is 0 Å². The number of hydrogen-bond donors (Lipinski definition) is 1. The minimum atomic E-state index is 0.391. The molecule has 3 aromatic rings. The zero-order valence-corrected chi connectivity index (χ0v) is 17.4. The third-order valence-electron chi connectivity index (χ3n) is 5.27. The minimum absolute atomic E-state index is 0.391. The monoisotopic (exact) mass is 411 g/mol. The number of rotatable bonds is 10. The second kappa shape index (κ2) is 10.3. The van der Waals surface area contributed by atoms with E-state index in [9.17, 15) is 0 Å². The second-order valence-electron chi connectivity index (χ2n) is 7.27. The van der Waals surface area contributed by atoms with Crippen molar-refractivity contribution in [2.24, 2.45) is 0 Å². The summed E-state index contributed by atoms with van der Waals surface area (Å²) in [6, 6.07) is 6.54. The van der Waals surface area contributed by atoms with Crippen molar-refractivity contribution in [3.63, 3.8) is 0 Å². The fourth-order valence-corrected chi connectivity index (χ4v) is 3.69. The smallest absolute Gasteiger partial charge is 0.316 e. The molecule has 1 aliphatic rings. The summed E-state index contributed by atoms with van der Waals surface area (Å²) in [6.07, 6.45) is 7.31. The van der Waals surface area contributed by atoms with Crippen LogP contribution in [-0.4, -0.2) is 74.9 Å². The van der Waals surface area contributed by atoms with Gasteiger partial charge in [-0.3, -0.25) is 9.47 Å². The highest BCUT2D eigenvalue weighted by Crippen LogP contribution is 2.21. The van der Waals surface area contributed by atoms with E-state index in [2.05, 4.69) is 29.7 Å². The summed E-state index contributed by atoms with van der Waals surface area (Å²) >= 11 is 0. The lowest BCUT2D eigenvalue weighted by Crippen LogP contribution is -2.41. The fraction of sp³-hybridized carbons (Fsp3) is 0.524. The quantitative estimate of drug-likeness (QED) is 0.508. The van der Waals surface area contributed by atoms with Crippen LogP contribution in [0.25, 0.3) is 11.2 Å². The number of ether oxygens (including phenoxy) is 2. The maximum atomic E-state index is 5.62. The number of fused-ring (bicyclic) bond motifs is 1. The zero-order chi connectivity index (χ0) is 20.6. The van der Waals surface area contributed by atoms with E-state index >= 15 is 0 Å². The van der Waals surface area contributed by atoms with Crippen LogP contribution in [0.5, 0.6) is 6.01 Å². The fourth-order valence-electron chi connectivity index (χ4n) is 3.69. The van der Waals surface area contributed by atoms with Gasteiger partial charge in [0.05, 0.1) is 13.2 Å². The molecule has 0 atom stereocenters. The first-order valence-corrected chi connectivity index (χ1v) is 10.6. The van der Waals surface area contributed by atoms with Crippen LogP contribution < -0.4 is 10.1 Å².